The number of aliphatic hydroxyl groups excluding tert-OH is 1. The Morgan fingerprint density at radius 1 is 1.07 bits per heavy atom. The van der Waals surface area contributed by atoms with E-state index in [1.165, 1.54) is 12.4 Å². The summed E-state index contributed by atoms with van der Waals surface area (Å²) in [6, 6.07) is 12.5. The number of hydrogen-bond acceptors (Lipinski definition) is 8. The van der Waals surface area contributed by atoms with Crippen molar-refractivity contribution in [3.8, 4) is 5.82 Å². The van der Waals surface area contributed by atoms with Crippen molar-refractivity contribution >= 4 is 28.9 Å². The Bertz CT molecular complexity index is 1620. The van der Waals surface area contributed by atoms with Crippen LogP contribution in [0, 0.1) is 13.8 Å². The molecule has 1 aliphatic rings. The lowest BCUT2D eigenvalue weighted by Crippen LogP contribution is -2.41. The minimum atomic E-state index is -4.59. The lowest BCUT2D eigenvalue weighted by molar-refractivity contribution is -0.137. The van der Waals surface area contributed by atoms with Gasteiger partial charge in [-0.15, -0.1) is 0 Å². The van der Waals surface area contributed by atoms with Gasteiger partial charge in [0, 0.05) is 48.7 Å². The van der Waals surface area contributed by atoms with E-state index >= 15 is 0 Å². The van der Waals surface area contributed by atoms with Crippen LogP contribution in [-0.2, 0) is 6.18 Å². The minimum absolute atomic E-state index is 0.00593. The molecule has 0 bridgehead atoms. The number of halogens is 3. The van der Waals surface area contributed by atoms with Crippen molar-refractivity contribution in [2.45, 2.75) is 44.8 Å². The fourth-order valence-corrected chi connectivity index (χ4v) is 5.05. The number of aliphatic hydroxyl groups is 1. The maximum atomic E-state index is 13.8. The monoisotopic (exact) mass is 594 g/mol. The number of carbonyl (C=O) groups is 1. The van der Waals surface area contributed by atoms with Crippen molar-refractivity contribution < 1.29 is 23.1 Å². The molecule has 13 heteroatoms. The van der Waals surface area contributed by atoms with Gasteiger partial charge in [-0.2, -0.15) is 23.0 Å². The molecule has 0 atom stereocenters. The van der Waals surface area contributed by atoms with Crippen molar-refractivity contribution in [2.75, 3.05) is 36.1 Å². The first-order valence-corrected chi connectivity index (χ1v) is 13.9. The van der Waals surface area contributed by atoms with Crippen molar-refractivity contribution in [3.05, 3.63) is 82.8 Å². The van der Waals surface area contributed by atoms with Gasteiger partial charge in [0.2, 0.25) is 0 Å². The predicted molar refractivity (Wildman–Crippen MR) is 158 cm³/mol. The lowest BCUT2D eigenvalue weighted by Gasteiger charge is -2.36. The summed E-state index contributed by atoms with van der Waals surface area (Å²) in [6.45, 7) is 4.17. The van der Waals surface area contributed by atoms with E-state index in [1.54, 1.807) is 36.0 Å². The largest absolute Gasteiger partial charge is 0.416 e. The number of anilines is 4. The van der Waals surface area contributed by atoms with Gasteiger partial charge in [-0.25, -0.2) is 9.97 Å². The van der Waals surface area contributed by atoms with E-state index in [9.17, 15) is 18.0 Å². The second kappa shape index (κ2) is 12.4. The van der Waals surface area contributed by atoms with Crippen molar-refractivity contribution in [1.29, 1.82) is 0 Å². The summed E-state index contributed by atoms with van der Waals surface area (Å²) >= 11 is 0. The molecule has 10 nitrogen and oxygen atoms in total. The Kier molecular flexibility index (Phi) is 8.64. The zero-order valence-electron chi connectivity index (χ0n) is 24.0. The van der Waals surface area contributed by atoms with Crippen LogP contribution in [-0.4, -0.2) is 57.0 Å². The quantitative estimate of drug-likeness (QED) is 0.170. The molecule has 0 aliphatic heterocycles. The summed E-state index contributed by atoms with van der Waals surface area (Å²) in [6.07, 6.45) is -1.89. The third-order valence-electron chi connectivity index (χ3n) is 7.41. The number of alkyl halides is 3. The predicted octanol–water partition coefficient (Wildman–Crippen LogP) is 5.16. The van der Waals surface area contributed by atoms with Gasteiger partial charge in [0.15, 0.2) is 5.82 Å². The maximum absolute atomic E-state index is 13.8. The highest BCUT2D eigenvalue weighted by molar-refractivity contribution is 6.04. The number of hydrogen-bond donors (Lipinski definition) is 5. The van der Waals surface area contributed by atoms with E-state index < -0.39 is 17.6 Å². The highest BCUT2D eigenvalue weighted by Crippen LogP contribution is 2.40. The van der Waals surface area contributed by atoms with Gasteiger partial charge in [0.05, 0.1) is 17.9 Å². The number of aromatic nitrogens is 4. The smallest absolute Gasteiger partial charge is 0.395 e. The van der Waals surface area contributed by atoms with Crippen LogP contribution in [0.15, 0.2) is 54.9 Å². The number of rotatable bonds is 10. The summed E-state index contributed by atoms with van der Waals surface area (Å²) in [5, 5.41) is 25.8. The fourth-order valence-electron chi connectivity index (χ4n) is 5.05. The van der Waals surface area contributed by atoms with Crippen LogP contribution in [0.5, 0.6) is 0 Å². The molecule has 2 heterocycles. The average molecular weight is 595 g/mol. The zero-order valence-corrected chi connectivity index (χ0v) is 24.0. The van der Waals surface area contributed by atoms with Gasteiger partial charge in [-0.05, 0) is 74.1 Å². The van der Waals surface area contributed by atoms with Crippen LogP contribution in [0.1, 0.15) is 51.5 Å². The summed E-state index contributed by atoms with van der Waals surface area (Å²) in [4.78, 5) is 21.7. The second-order valence-electron chi connectivity index (χ2n) is 10.6. The summed E-state index contributed by atoms with van der Waals surface area (Å²) in [5.41, 5.74) is 2.25. The zero-order chi connectivity index (χ0) is 30.7. The molecular weight excluding hydrogens is 561 g/mol. The van der Waals surface area contributed by atoms with Gasteiger partial charge in [-0.3, -0.25) is 4.79 Å². The first-order valence-electron chi connectivity index (χ1n) is 13.9. The molecule has 43 heavy (non-hydrogen) atoms. The minimum Gasteiger partial charge on any atom is -0.395 e. The van der Waals surface area contributed by atoms with Crippen LogP contribution in [0.25, 0.3) is 5.82 Å². The van der Waals surface area contributed by atoms with Gasteiger partial charge in [0.25, 0.3) is 5.91 Å². The molecule has 5 rings (SSSR count). The molecule has 2 aromatic carbocycles. The molecule has 0 unspecified atom stereocenters. The standard InChI is InChI=1S/C30H33F3N8O2/c1-17-4-5-23(14-25(17)39-28-8-18(2)40-41(28)27-15-26(34-3)36-16-37-27)38-29(43)21-9-19(10-22(11-21)30(31,32)33)20-12-24(13-20)35-6-7-42/h4-5,8-11,14-16,20,24,35,39,42H,6-7,12-13H2,1-3H3,(H,38,43)(H,34,36,37). The normalized spacial score (nSPS) is 16.4. The molecule has 2 aromatic heterocycles. The van der Waals surface area contributed by atoms with E-state index in [1.807, 2.05) is 19.9 Å². The molecule has 4 aromatic rings. The molecule has 0 radical (unpaired) electrons. The van der Waals surface area contributed by atoms with E-state index in [2.05, 4.69) is 36.3 Å². The van der Waals surface area contributed by atoms with Crippen LogP contribution in [0.2, 0.25) is 0 Å². The fraction of sp³-hybridized carbons (Fsp3) is 0.333. The highest BCUT2D eigenvalue weighted by Gasteiger charge is 2.35. The summed E-state index contributed by atoms with van der Waals surface area (Å²) in [5.74, 6) is 1.04. The van der Waals surface area contributed by atoms with E-state index in [0.29, 0.717) is 53.8 Å². The third-order valence-corrected chi connectivity index (χ3v) is 7.41. The first-order chi connectivity index (χ1) is 20.5. The van der Waals surface area contributed by atoms with E-state index in [4.69, 9.17) is 5.11 Å². The van der Waals surface area contributed by atoms with Crippen LogP contribution >= 0.6 is 0 Å². The van der Waals surface area contributed by atoms with Crippen LogP contribution in [0.4, 0.5) is 36.2 Å². The summed E-state index contributed by atoms with van der Waals surface area (Å²) in [7, 11) is 1.75. The SMILES string of the molecule is CNc1cc(-n2nc(C)cc2Nc2cc(NC(=O)c3cc(C4CC(NCCO)C4)cc(C(F)(F)F)c3)ccc2C)ncn1. The molecule has 226 valence electrons. The Labute approximate surface area is 246 Å². The molecule has 1 saturated carbocycles. The maximum Gasteiger partial charge on any atom is 0.416 e. The first kappa shape index (κ1) is 30.0. The molecule has 1 amide bonds. The Morgan fingerprint density at radius 3 is 2.58 bits per heavy atom. The summed E-state index contributed by atoms with van der Waals surface area (Å²) < 4.78 is 43.0. The van der Waals surface area contributed by atoms with E-state index in [-0.39, 0.29) is 24.1 Å². The number of benzene rings is 2. The second-order valence-corrected chi connectivity index (χ2v) is 10.6. The van der Waals surface area contributed by atoms with Gasteiger partial charge in [0.1, 0.15) is 18.0 Å². The van der Waals surface area contributed by atoms with Crippen molar-refractivity contribution in [1.82, 2.24) is 25.1 Å². The van der Waals surface area contributed by atoms with Crippen LogP contribution in [0.3, 0.4) is 0 Å². The number of aryl methyl sites for hydroxylation is 2. The number of carbonyl (C=O) groups excluding carboxylic acids is 1. The van der Waals surface area contributed by atoms with Crippen molar-refractivity contribution in [3.63, 3.8) is 0 Å². The number of nitrogens with one attached hydrogen (secondary N) is 4. The molecule has 5 N–H and O–H groups in total. The van der Waals surface area contributed by atoms with E-state index in [0.717, 1.165) is 23.4 Å². The number of nitrogens with zero attached hydrogens (tertiary/aromatic N) is 4. The Hall–Kier alpha value is -4.49. The molecule has 1 fully saturated rings. The molecular formula is C30H33F3N8O2. The topological polar surface area (TPSA) is 129 Å². The molecule has 1 aliphatic carbocycles. The third kappa shape index (κ3) is 6.95. The Balaban J connectivity index is 1.37. The van der Waals surface area contributed by atoms with Gasteiger partial charge in [-0.1, -0.05) is 6.07 Å². The van der Waals surface area contributed by atoms with Crippen LogP contribution < -0.4 is 21.3 Å². The van der Waals surface area contributed by atoms with Gasteiger partial charge < -0.3 is 26.4 Å². The number of amides is 1. The van der Waals surface area contributed by atoms with Crippen molar-refractivity contribution in [2.24, 2.45) is 0 Å². The molecule has 0 saturated heterocycles. The Morgan fingerprint density at radius 2 is 1.86 bits per heavy atom. The van der Waals surface area contributed by atoms with Gasteiger partial charge >= 0.3 is 6.18 Å². The lowest BCUT2D eigenvalue weighted by atomic mass is 9.75. The molecule has 0 spiro atoms. The average Bonchev–Trinajstić information content (AvgIpc) is 3.33. The highest BCUT2D eigenvalue weighted by atomic mass is 19.4.